The normalized spacial score (nSPS) is 10.9. The number of para-hydroxylation sites is 1. The lowest BCUT2D eigenvalue weighted by molar-refractivity contribution is 1.06. The molecule has 21 heavy (non-hydrogen) atoms. The Kier molecular flexibility index (Phi) is 2.75. The lowest BCUT2D eigenvalue weighted by Crippen LogP contribution is -1.95. The van der Waals surface area contributed by atoms with Crippen LogP contribution in [0.3, 0.4) is 0 Å². The van der Waals surface area contributed by atoms with Gasteiger partial charge in [-0.2, -0.15) is 0 Å². The number of benzene rings is 2. The number of imidazole rings is 1. The van der Waals surface area contributed by atoms with Crippen LogP contribution in [0.4, 0.5) is 0 Å². The Morgan fingerprint density at radius 1 is 0.857 bits per heavy atom. The Morgan fingerprint density at radius 3 is 2.48 bits per heavy atom. The molecule has 0 saturated carbocycles. The molecule has 0 aliphatic heterocycles. The number of hydrogen-bond donors (Lipinski definition) is 0. The van der Waals surface area contributed by atoms with E-state index in [1.807, 2.05) is 53.5 Å². The molecule has 0 spiro atoms. The first-order valence-corrected chi connectivity index (χ1v) is 6.85. The van der Waals surface area contributed by atoms with Crippen LogP contribution < -0.4 is 0 Å². The van der Waals surface area contributed by atoms with Crippen molar-refractivity contribution in [2.75, 3.05) is 0 Å². The largest absolute Gasteiger partial charge is 0.306 e. The molecule has 0 atom stereocenters. The van der Waals surface area contributed by atoms with Crippen molar-refractivity contribution in [1.29, 1.82) is 0 Å². The Morgan fingerprint density at radius 2 is 1.67 bits per heavy atom. The van der Waals surface area contributed by atoms with Gasteiger partial charge in [0.05, 0.1) is 23.2 Å². The average molecular weight is 271 g/mol. The summed E-state index contributed by atoms with van der Waals surface area (Å²) in [6.45, 7) is 0. The van der Waals surface area contributed by atoms with E-state index in [1.54, 1.807) is 6.20 Å². The highest BCUT2D eigenvalue weighted by Gasteiger charge is 2.08. The fourth-order valence-electron chi connectivity index (χ4n) is 2.53. The van der Waals surface area contributed by atoms with Crippen LogP contribution in [0, 0.1) is 0 Å². The molecule has 100 valence electrons. The van der Waals surface area contributed by atoms with Crippen LogP contribution in [0.15, 0.2) is 79.4 Å². The van der Waals surface area contributed by atoms with Crippen molar-refractivity contribution in [2.45, 2.75) is 0 Å². The van der Waals surface area contributed by atoms with Crippen LogP contribution in [0.25, 0.3) is 27.8 Å². The molecule has 0 unspecified atom stereocenters. The van der Waals surface area contributed by atoms with E-state index in [0.29, 0.717) is 0 Å². The molecule has 2 aromatic carbocycles. The van der Waals surface area contributed by atoms with Gasteiger partial charge in [0.2, 0.25) is 0 Å². The van der Waals surface area contributed by atoms with Crippen molar-refractivity contribution in [3.63, 3.8) is 0 Å². The van der Waals surface area contributed by atoms with Gasteiger partial charge in [0.25, 0.3) is 0 Å². The SMILES string of the molecule is c1ccc(-c2cc(-n3ccnc3)c3ccccc3n2)cc1. The van der Waals surface area contributed by atoms with Crippen molar-refractivity contribution in [2.24, 2.45) is 0 Å². The van der Waals surface area contributed by atoms with Gasteiger partial charge in [0.1, 0.15) is 0 Å². The predicted molar refractivity (Wildman–Crippen MR) is 84.3 cm³/mol. The third-order valence-electron chi connectivity index (χ3n) is 3.55. The summed E-state index contributed by atoms with van der Waals surface area (Å²) in [7, 11) is 0. The van der Waals surface area contributed by atoms with Crippen LogP contribution in [-0.4, -0.2) is 14.5 Å². The van der Waals surface area contributed by atoms with Crippen molar-refractivity contribution < 1.29 is 0 Å². The number of pyridine rings is 1. The molecule has 3 heteroatoms. The zero-order chi connectivity index (χ0) is 14.1. The van der Waals surface area contributed by atoms with Crippen molar-refractivity contribution in [1.82, 2.24) is 14.5 Å². The summed E-state index contributed by atoms with van der Waals surface area (Å²) in [5.41, 5.74) is 4.17. The Hall–Kier alpha value is -2.94. The molecule has 0 N–H and O–H groups in total. The molecular weight excluding hydrogens is 258 g/mol. The zero-order valence-electron chi connectivity index (χ0n) is 11.3. The highest BCUT2D eigenvalue weighted by atomic mass is 15.0. The van der Waals surface area contributed by atoms with E-state index in [-0.39, 0.29) is 0 Å². The second-order valence-corrected chi connectivity index (χ2v) is 4.88. The molecular formula is C18H13N3. The summed E-state index contributed by atoms with van der Waals surface area (Å²) >= 11 is 0. The molecule has 4 rings (SSSR count). The molecule has 2 aromatic heterocycles. The van der Waals surface area contributed by atoms with Gasteiger partial charge in [-0.15, -0.1) is 0 Å². The van der Waals surface area contributed by atoms with Crippen LogP contribution in [0.5, 0.6) is 0 Å². The van der Waals surface area contributed by atoms with E-state index in [4.69, 9.17) is 4.98 Å². The number of fused-ring (bicyclic) bond motifs is 1. The van der Waals surface area contributed by atoms with E-state index in [0.717, 1.165) is 27.8 Å². The molecule has 0 radical (unpaired) electrons. The highest BCUT2D eigenvalue weighted by molar-refractivity contribution is 5.89. The van der Waals surface area contributed by atoms with Gasteiger partial charge in [0.15, 0.2) is 0 Å². The maximum Gasteiger partial charge on any atom is 0.0991 e. The summed E-state index contributed by atoms with van der Waals surface area (Å²) in [5, 5.41) is 1.12. The summed E-state index contributed by atoms with van der Waals surface area (Å²) in [5.74, 6) is 0. The maximum absolute atomic E-state index is 4.78. The van der Waals surface area contributed by atoms with E-state index < -0.39 is 0 Å². The fourth-order valence-corrected chi connectivity index (χ4v) is 2.53. The number of rotatable bonds is 2. The first kappa shape index (κ1) is 11.9. The molecule has 0 bridgehead atoms. The summed E-state index contributed by atoms with van der Waals surface area (Å²) in [4.78, 5) is 8.93. The summed E-state index contributed by atoms with van der Waals surface area (Å²) in [6.07, 6.45) is 5.56. The molecule has 2 heterocycles. The number of aromatic nitrogens is 3. The minimum absolute atomic E-state index is 0.970. The lowest BCUT2D eigenvalue weighted by atomic mass is 10.1. The molecule has 0 saturated heterocycles. The quantitative estimate of drug-likeness (QED) is 0.550. The summed E-state index contributed by atoms with van der Waals surface area (Å²) in [6, 6.07) is 20.5. The molecule has 4 aromatic rings. The monoisotopic (exact) mass is 271 g/mol. The van der Waals surface area contributed by atoms with E-state index >= 15 is 0 Å². The first-order chi connectivity index (χ1) is 10.4. The van der Waals surface area contributed by atoms with Gasteiger partial charge in [0, 0.05) is 23.3 Å². The fraction of sp³-hybridized carbons (Fsp3) is 0. The van der Waals surface area contributed by atoms with Crippen LogP contribution in [0.2, 0.25) is 0 Å². The smallest absolute Gasteiger partial charge is 0.0991 e. The Balaban J connectivity index is 2.03. The minimum atomic E-state index is 0.970. The van der Waals surface area contributed by atoms with E-state index in [9.17, 15) is 0 Å². The maximum atomic E-state index is 4.78. The molecule has 3 nitrogen and oxygen atoms in total. The number of nitrogens with zero attached hydrogens (tertiary/aromatic N) is 3. The third kappa shape index (κ3) is 2.09. The predicted octanol–water partition coefficient (Wildman–Crippen LogP) is 4.09. The minimum Gasteiger partial charge on any atom is -0.306 e. The number of hydrogen-bond acceptors (Lipinski definition) is 2. The highest BCUT2D eigenvalue weighted by Crippen LogP contribution is 2.26. The van der Waals surface area contributed by atoms with Gasteiger partial charge in [-0.1, -0.05) is 48.5 Å². The van der Waals surface area contributed by atoms with Crippen molar-refractivity contribution >= 4 is 10.9 Å². The zero-order valence-corrected chi connectivity index (χ0v) is 11.3. The molecule has 0 amide bonds. The lowest BCUT2D eigenvalue weighted by Gasteiger charge is -2.10. The topological polar surface area (TPSA) is 30.7 Å². The van der Waals surface area contributed by atoms with Crippen LogP contribution in [0.1, 0.15) is 0 Å². The van der Waals surface area contributed by atoms with Crippen molar-refractivity contribution in [3.8, 4) is 16.9 Å². The van der Waals surface area contributed by atoms with Crippen LogP contribution >= 0.6 is 0 Å². The second-order valence-electron chi connectivity index (χ2n) is 4.88. The third-order valence-corrected chi connectivity index (χ3v) is 3.55. The van der Waals surface area contributed by atoms with E-state index in [2.05, 4.69) is 29.2 Å². The van der Waals surface area contributed by atoms with Gasteiger partial charge in [-0.3, -0.25) is 0 Å². The Bertz CT molecular complexity index is 881. The second kappa shape index (κ2) is 4.87. The van der Waals surface area contributed by atoms with Gasteiger partial charge in [-0.25, -0.2) is 9.97 Å². The van der Waals surface area contributed by atoms with Gasteiger partial charge >= 0.3 is 0 Å². The molecule has 0 aliphatic rings. The molecule has 0 aliphatic carbocycles. The standard InChI is InChI=1S/C18H13N3/c1-2-6-14(7-3-1)17-12-18(21-11-10-19-13-21)15-8-4-5-9-16(15)20-17/h1-13H. The van der Waals surface area contributed by atoms with Gasteiger partial charge < -0.3 is 4.57 Å². The molecule has 0 fully saturated rings. The summed E-state index contributed by atoms with van der Waals surface area (Å²) < 4.78 is 2.02. The van der Waals surface area contributed by atoms with Crippen molar-refractivity contribution in [3.05, 3.63) is 79.4 Å². The first-order valence-electron chi connectivity index (χ1n) is 6.85. The van der Waals surface area contributed by atoms with E-state index in [1.165, 1.54) is 0 Å². The van der Waals surface area contributed by atoms with Gasteiger partial charge in [-0.05, 0) is 12.1 Å². The van der Waals surface area contributed by atoms with Crippen LogP contribution in [-0.2, 0) is 0 Å². The average Bonchev–Trinajstić information content (AvgIpc) is 3.09. The Labute approximate surface area is 122 Å².